The number of thioether (sulfide) groups is 1. The summed E-state index contributed by atoms with van der Waals surface area (Å²) in [5, 5.41) is -0.0905. The molecule has 6 nitrogen and oxygen atoms in total. The number of rotatable bonds is 6. The summed E-state index contributed by atoms with van der Waals surface area (Å²) in [7, 11) is 0. The van der Waals surface area contributed by atoms with Crippen LogP contribution < -0.4 is 10.5 Å². The van der Waals surface area contributed by atoms with Crippen LogP contribution >= 0.6 is 35.0 Å². The third-order valence-electron chi connectivity index (χ3n) is 3.88. The molecule has 0 aromatic heterocycles. The average molecular weight is 455 g/mol. The van der Waals surface area contributed by atoms with Gasteiger partial charge in [-0.15, -0.1) is 0 Å². The molecule has 29 heavy (non-hydrogen) atoms. The number of carbonyl (C=O) groups is 3. The zero-order chi connectivity index (χ0) is 21.1. The number of nitrogens with two attached hydrogens (primary N) is 1. The van der Waals surface area contributed by atoms with Crippen LogP contribution in [-0.4, -0.2) is 28.6 Å². The molecule has 0 bridgehead atoms. The van der Waals surface area contributed by atoms with Crippen molar-refractivity contribution in [3.63, 3.8) is 0 Å². The van der Waals surface area contributed by atoms with Gasteiger partial charge >= 0.3 is 0 Å². The van der Waals surface area contributed by atoms with Crippen molar-refractivity contribution in [2.24, 2.45) is 5.73 Å². The van der Waals surface area contributed by atoms with Gasteiger partial charge in [0.05, 0.1) is 11.4 Å². The largest absolute Gasteiger partial charge is 0.483 e. The second kappa shape index (κ2) is 8.86. The standard InChI is InChI=1S/C19H13Cl2FN2O4S/c20-11-4-5-15(28-9-17(23)25)10(6-11)7-16-18(26)24(19(27)29-16)8-12-13(21)2-1-3-14(12)22/h1-7H,8-9H2,(H2,23,25)/b16-7-. The molecular formula is C19H13Cl2FN2O4S. The minimum atomic E-state index is -0.673. The Kier molecular flexibility index (Phi) is 6.46. The van der Waals surface area contributed by atoms with Crippen LogP contribution in [0.25, 0.3) is 6.08 Å². The van der Waals surface area contributed by atoms with Crippen LogP contribution in [0.3, 0.4) is 0 Å². The summed E-state index contributed by atoms with van der Waals surface area (Å²) in [6, 6.07) is 8.68. The van der Waals surface area contributed by atoms with Crippen LogP contribution in [0, 0.1) is 5.82 Å². The summed E-state index contributed by atoms with van der Waals surface area (Å²) < 4.78 is 19.3. The number of halogens is 3. The number of amides is 3. The number of hydrogen-bond acceptors (Lipinski definition) is 5. The molecule has 2 N–H and O–H groups in total. The van der Waals surface area contributed by atoms with Crippen LogP contribution in [0.1, 0.15) is 11.1 Å². The number of hydrogen-bond donors (Lipinski definition) is 1. The van der Waals surface area contributed by atoms with E-state index in [0.29, 0.717) is 22.3 Å². The number of benzene rings is 2. The van der Waals surface area contributed by atoms with E-state index in [1.807, 2.05) is 0 Å². The Morgan fingerprint density at radius 3 is 2.69 bits per heavy atom. The Morgan fingerprint density at radius 1 is 1.24 bits per heavy atom. The molecule has 0 spiro atoms. The topological polar surface area (TPSA) is 89.7 Å². The highest BCUT2D eigenvalue weighted by Crippen LogP contribution is 2.36. The van der Waals surface area contributed by atoms with Gasteiger partial charge in [0.25, 0.3) is 17.1 Å². The van der Waals surface area contributed by atoms with E-state index < -0.39 is 22.9 Å². The van der Waals surface area contributed by atoms with E-state index in [2.05, 4.69) is 0 Å². The minimum Gasteiger partial charge on any atom is -0.483 e. The molecule has 0 aliphatic carbocycles. The molecule has 2 aromatic carbocycles. The van der Waals surface area contributed by atoms with Crippen molar-refractivity contribution in [1.29, 1.82) is 0 Å². The molecule has 1 saturated heterocycles. The van der Waals surface area contributed by atoms with Gasteiger partial charge in [-0.2, -0.15) is 0 Å². The molecule has 1 heterocycles. The molecule has 1 aliphatic rings. The number of primary amides is 1. The summed E-state index contributed by atoms with van der Waals surface area (Å²) in [5.41, 5.74) is 5.51. The smallest absolute Gasteiger partial charge is 0.293 e. The summed E-state index contributed by atoms with van der Waals surface area (Å²) in [6.07, 6.45) is 1.41. The first-order chi connectivity index (χ1) is 13.8. The number of nitrogens with zero attached hydrogens (tertiary/aromatic N) is 1. The van der Waals surface area contributed by atoms with Gasteiger partial charge in [-0.05, 0) is 48.2 Å². The van der Waals surface area contributed by atoms with Crippen LogP contribution in [0.5, 0.6) is 5.75 Å². The molecule has 0 saturated carbocycles. The molecule has 150 valence electrons. The van der Waals surface area contributed by atoms with Gasteiger partial charge in [-0.3, -0.25) is 19.3 Å². The normalized spacial score (nSPS) is 15.3. The Hall–Kier alpha value is -2.55. The van der Waals surface area contributed by atoms with Crippen molar-refractivity contribution in [2.75, 3.05) is 6.61 Å². The lowest BCUT2D eigenvalue weighted by atomic mass is 10.1. The Bertz CT molecular complexity index is 1020. The van der Waals surface area contributed by atoms with Gasteiger partial charge in [-0.1, -0.05) is 29.3 Å². The molecule has 1 aliphatic heterocycles. The maximum atomic E-state index is 14.0. The molecule has 3 rings (SSSR count). The van der Waals surface area contributed by atoms with Gasteiger partial charge in [0.15, 0.2) is 6.61 Å². The van der Waals surface area contributed by atoms with E-state index in [9.17, 15) is 18.8 Å². The van der Waals surface area contributed by atoms with Crippen LogP contribution in [0.15, 0.2) is 41.3 Å². The quantitative estimate of drug-likeness (QED) is 0.659. The highest BCUT2D eigenvalue weighted by molar-refractivity contribution is 8.18. The molecule has 10 heteroatoms. The minimum absolute atomic E-state index is 0.0472. The number of ether oxygens (including phenoxy) is 1. The van der Waals surface area contributed by atoms with Gasteiger partial charge in [0.2, 0.25) is 0 Å². The van der Waals surface area contributed by atoms with Crippen LogP contribution in [-0.2, 0) is 16.1 Å². The van der Waals surface area contributed by atoms with E-state index in [0.717, 1.165) is 4.90 Å². The Balaban J connectivity index is 1.89. The maximum absolute atomic E-state index is 14.0. The summed E-state index contributed by atoms with van der Waals surface area (Å²) in [6.45, 7) is -0.663. The van der Waals surface area contributed by atoms with Gasteiger partial charge < -0.3 is 10.5 Å². The zero-order valence-corrected chi connectivity index (χ0v) is 17.0. The lowest BCUT2D eigenvalue weighted by Gasteiger charge is -2.14. The van der Waals surface area contributed by atoms with Gasteiger partial charge in [-0.25, -0.2) is 4.39 Å². The lowest BCUT2D eigenvalue weighted by molar-refractivity contribution is -0.123. The number of imide groups is 1. The highest BCUT2D eigenvalue weighted by Gasteiger charge is 2.36. The molecule has 2 aromatic rings. The van der Waals surface area contributed by atoms with E-state index >= 15 is 0 Å². The lowest BCUT2D eigenvalue weighted by Crippen LogP contribution is -2.28. The first-order valence-electron chi connectivity index (χ1n) is 8.15. The second-order valence-electron chi connectivity index (χ2n) is 5.91. The molecule has 0 radical (unpaired) electrons. The van der Waals surface area contributed by atoms with E-state index in [1.54, 1.807) is 6.07 Å². The van der Waals surface area contributed by atoms with Crippen molar-refractivity contribution < 1.29 is 23.5 Å². The fourth-order valence-corrected chi connectivity index (χ4v) is 3.76. The van der Waals surface area contributed by atoms with Gasteiger partial charge in [0.1, 0.15) is 11.6 Å². The highest BCUT2D eigenvalue weighted by atomic mass is 35.5. The fraction of sp³-hybridized carbons (Fsp3) is 0.105. The molecule has 3 amide bonds. The molecule has 0 unspecified atom stereocenters. The van der Waals surface area contributed by atoms with Crippen molar-refractivity contribution in [3.8, 4) is 5.75 Å². The summed E-state index contributed by atoms with van der Waals surface area (Å²) >= 11 is 12.7. The van der Waals surface area contributed by atoms with Crippen molar-refractivity contribution >= 4 is 58.1 Å². The van der Waals surface area contributed by atoms with E-state index in [1.165, 1.54) is 36.4 Å². The summed E-state index contributed by atoms with van der Waals surface area (Å²) in [5.74, 6) is -1.64. The Labute approximate surface area is 179 Å². The first-order valence-corrected chi connectivity index (χ1v) is 9.72. The molecule has 0 atom stereocenters. The van der Waals surface area contributed by atoms with Crippen molar-refractivity contribution in [2.45, 2.75) is 6.54 Å². The first kappa shape index (κ1) is 21.2. The van der Waals surface area contributed by atoms with E-state index in [-0.39, 0.29) is 34.4 Å². The monoisotopic (exact) mass is 454 g/mol. The maximum Gasteiger partial charge on any atom is 0.293 e. The van der Waals surface area contributed by atoms with E-state index in [4.69, 9.17) is 33.7 Å². The van der Waals surface area contributed by atoms with Crippen molar-refractivity contribution in [1.82, 2.24) is 4.90 Å². The molecule has 1 fully saturated rings. The average Bonchev–Trinajstić information content (AvgIpc) is 2.91. The predicted molar refractivity (Wildman–Crippen MR) is 109 cm³/mol. The predicted octanol–water partition coefficient (Wildman–Crippen LogP) is 4.23. The zero-order valence-electron chi connectivity index (χ0n) is 14.7. The third-order valence-corrected chi connectivity index (χ3v) is 5.38. The van der Waals surface area contributed by atoms with Gasteiger partial charge in [0, 0.05) is 21.2 Å². The SMILES string of the molecule is NC(=O)COc1ccc(Cl)cc1/C=C1\SC(=O)N(Cc2c(F)cccc2Cl)C1=O. The third kappa shape index (κ3) is 4.90. The number of carbonyl (C=O) groups excluding carboxylic acids is 3. The second-order valence-corrected chi connectivity index (χ2v) is 7.74. The van der Waals surface area contributed by atoms with Crippen molar-refractivity contribution in [3.05, 3.63) is 68.3 Å². The van der Waals surface area contributed by atoms with Crippen LogP contribution in [0.4, 0.5) is 9.18 Å². The fourth-order valence-electron chi connectivity index (χ4n) is 2.53. The van der Waals surface area contributed by atoms with Crippen LogP contribution in [0.2, 0.25) is 10.0 Å². The summed E-state index contributed by atoms with van der Waals surface area (Å²) in [4.78, 5) is 37.0. The Morgan fingerprint density at radius 2 is 2.00 bits per heavy atom. The molecular weight excluding hydrogens is 442 g/mol.